The molecule has 0 spiro atoms. The molecule has 0 unspecified atom stereocenters. The number of amides is 3. The molecule has 21 heavy (non-hydrogen) atoms. The summed E-state index contributed by atoms with van der Waals surface area (Å²) in [6, 6.07) is 6.94. The summed E-state index contributed by atoms with van der Waals surface area (Å²) < 4.78 is 0.880. The first kappa shape index (κ1) is 14.8. The summed E-state index contributed by atoms with van der Waals surface area (Å²) in [5.41, 5.74) is 16.4. The molecule has 1 aromatic carbocycles. The second kappa shape index (κ2) is 5.80. The van der Waals surface area contributed by atoms with Crippen LogP contribution in [0.4, 0.5) is 5.69 Å². The van der Waals surface area contributed by atoms with E-state index >= 15 is 0 Å². The molecule has 1 aromatic heterocycles. The van der Waals surface area contributed by atoms with Crippen molar-refractivity contribution in [3.05, 3.63) is 29.1 Å². The van der Waals surface area contributed by atoms with E-state index < -0.39 is 17.7 Å². The topological polar surface area (TPSA) is 133 Å². The highest BCUT2D eigenvalue weighted by Gasteiger charge is 2.21. The van der Waals surface area contributed by atoms with Gasteiger partial charge in [0.1, 0.15) is 13.1 Å². The molecule has 7 nitrogen and oxygen atoms in total. The van der Waals surface area contributed by atoms with Crippen LogP contribution in [-0.2, 0) is 9.59 Å². The number of benzene rings is 1. The summed E-state index contributed by atoms with van der Waals surface area (Å²) >= 11 is 1.25. The first-order chi connectivity index (χ1) is 9.86. The van der Waals surface area contributed by atoms with Crippen molar-refractivity contribution in [2.45, 2.75) is 0 Å². The normalized spacial score (nSPS) is 10.5. The Balaban J connectivity index is 2.33. The van der Waals surface area contributed by atoms with Gasteiger partial charge >= 0.3 is 0 Å². The standard InChI is InChI=1S/C13H14N4O3S/c14-8-1-2-9-7(3-8)4-10(21-9)13(20)17(5-11(15)18)6-12(16)19/h1-4H,5-6,14H2,(H2,15,18)(H2,16,19). The van der Waals surface area contributed by atoms with Crippen LogP contribution in [0.1, 0.15) is 9.67 Å². The molecule has 0 aliphatic rings. The number of nitrogens with two attached hydrogens (primary N) is 3. The number of carbonyl (C=O) groups excluding carboxylic acids is 3. The van der Waals surface area contributed by atoms with Gasteiger partial charge in [-0.3, -0.25) is 14.4 Å². The molecule has 110 valence electrons. The highest BCUT2D eigenvalue weighted by atomic mass is 32.1. The molecule has 1 heterocycles. The second-order valence-electron chi connectivity index (χ2n) is 4.50. The van der Waals surface area contributed by atoms with Crippen molar-refractivity contribution in [2.24, 2.45) is 11.5 Å². The van der Waals surface area contributed by atoms with Gasteiger partial charge in [-0.1, -0.05) is 0 Å². The second-order valence-corrected chi connectivity index (χ2v) is 5.59. The predicted molar refractivity (Wildman–Crippen MR) is 80.5 cm³/mol. The highest BCUT2D eigenvalue weighted by Crippen LogP contribution is 2.28. The highest BCUT2D eigenvalue weighted by molar-refractivity contribution is 7.20. The Bertz CT molecular complexity index is 709. The number of nitrogens with zero attached hydrogens (tertiary/aromatic N) is 1. The van der Waals surface area contributed by atoms with Crippen LogP contribution in [0.2, 0.25) is 0 Å². The lowest BCUT2D eigenvalue weighted by molar-refractivity contribution is -0.121. The number of anilines is 1. The minimum Gasteiger partial charge on any atom is -0.399 e. The van der Waals surface area contributed by atoms with Crippen molar-refractivity contribution in [3.63, 3.8) is 0 Å². The molecule has 6 N–H and O–H groups in total. The van der Waals surface area contributed by atoms with Crippen LogP contribution in [0, 0.1) is 0 Å². The van der Waals surface area contributed by atoms with Crippen LogP contribution in [0.3, 0.4) is 0 Å². The van der Waals surface area contributed by atoms with Gasteiger partial charge in [0.25, 0.3) is 5.91 Å². The third-order valence-electron chi connectivity index (χ3n) is 2.73. The molecule has 0 saturated heterocycles. The Morgan fingerprint density at radius 2 is 1.67 bits per heavy atom. The Morgan fingerprint density at radius 3 is 2.24 bits per heavy atom. The number of fused-ring (bicyclic) bond motifs is 1. The third kappa shape index (κ3) is 3.48. The summed E-state index contributed by atoms with van der Waals surface area (Å²) in [6.07, 6.45) is 0. The van der Waals surface area contributed by atoms with E-state index in [0.29, 0.717) is 10.6 Å². The van der Waals surface area contributed by atoms with E-state index in [0.717, 1.165) is 15.0 Å². The van der Waals surface area contributed by atoms with Gasteiger partial charge in [0.15, 0.2) is 0 Å². The molecule has 0 radical (unpaired) electrons. The van der Waals surface area contributed by atoms with E-state index in [1.807, 2.05) is 0 Å². The summed E-state index contributed by atoms with van der Waals surface area (Å²) in [5.74, 6) is -1.89. The van der Waals surface area contributed by atoms with Gasteiger partial charge in [-0.15, -0.1) is 11.3 Å². The lowest BCUT2D eigenvalue weighted by Crippen LogP contribution is -2.43. The smallest absolute Gasteiger partial charge is 0.264 e. The number of nitrogen functional groups attached to an aromatic ring is 1. The van der Waals surface area contributed by atoms with Crippen LogP contribution in [0.15, 0.2) is 24.3 Å². The zero-order valence-electron chi connectivity index (χ0n) is 11.0. The molecular formula is C13H14N4O3S. The summed E-state index contributed by atoms with van der Waals surface area (Å²) in [4.78, 5) is 35.8. The number of hydrogen-bond donors (Lipinski definition) is 3. The maximum absolute atomic E-state index is 12.4. The maximum Gasteiger partial charge on any atom is 0.264 e. The Labute approximate surface area is 124 Å². The number of primary amides is 2. The fourth-order valence-electron chi connectivity index (χ4n) is 1.90. The maximum atomic E-state index is 12.4. The van der Waals surface area contributed by atoms with Crippen molar-refractivity contribution in [1.29, 1.82) is 0 Å². The molecule has 0 aliphatic carbocycles. The zero-order chi connectivity index (χ0) is 15.6. The molecular weight excluding hydrogens is 292 g/mol. The summed E-state index contributed by atoms with van der Waals surface area (Å²) in [5, 5.41) is 0.821. The van der Waals surface area contributed by atoms with Crippen molar-refractivity contribution < 1.29 is 14.4 Å². The van der Waals surface area contributed by atoms with E-state index in [4.69, 9.17) is 17.2 Å². The van der Waals surface area contributed by atoms with Gasteiger partial charge < -0.3 is 22.1 Å². The van der Waals surface area contributed by atoms with Crippen LogP contribution >= 0.6 is 11.3 Å². The fourth-order valence-corrected chi connectivity index (χ4v) is 2.91. The molecule has 2 aromatic rings. The molecule has 3 amide bonds. The van der Waals surface area contributed by atoms with Crippen LogP contribution in [0.25, 0.3) is 10.1 Å². The number of hydrogen-bond acceptors (Lipinski definition) is 5. The molecule has 0 fully saturated rings. The lowest BCUT2D eigenvalue weighted by Gasteiger charge is -2.18. The van der Waals surface area contributed by atoms with Gasteiger partial charge in [-0.05, 0) is 29.7 Å². The van der Waals surface area contributed by atoms with Crippen molar-refractivity contribution in [3.8, 4) is 0 Å². The van der Waals surface area contributed by atoms with Gasteiger partial charge in [0.05, 0.1) is 4.88 Å². The van der Waals surface area contributed by atoms with Crippen LogP contribution < -0.4 is 17.2 Å². The van der Waals surface area contributed by atoms with Gasteiger partial charge in [0, 0.05) is 10.4 Å². The Kier molecular flexibility index (Phi) is 4.08. The molecule has 8 heteroatoms. The average Bonchev–Trinajstić information content (AvgIpc) is 2.78. The Hall–Kier alpha value is -2.61. The van der Waals surface area contributed by atoms with E-state index in [1.165, 1.54) is 11.3 Å². The number of thiophene rings is 1. The van der Waals surface area contributed by atoms with Crippen LogP contribution in [-0.4, -0.2) is 35.7 Å². The van der Waals surface area contributed by atoms with Gasteiger partial charge in [-0.2, -0.15) is 0 Å². The van der Waals surface area contributed by atoms with Gasteiger partial charge in [0.2, 0.25) is 11.8 Å². The van der Waals surface area contributed by atoms with Gasteiger partial charge in [-0.25, -0.2) is 0 Å². The SMILES string of the molecule is NC(=O)CN(CC(N)=O)C(=O)c1cc2cc(N)ccc2s1. The molecule has 0 saturated carbocycles. The fraction of sp³-hybridized carbons (Fsp3) is 0.154. The van der Waals surface area contributed by atoms with Crippen LogP contribution in [0.5, 0.6) is 0 Å². The summed E-state index contributed by atoms with van der Waals surface area (Å²) in [6.45, 7) is -0.726. The third-order valence-corrected chi connectivity index (χ3v) is 3.84. The largest absolute Gasteiger partial charge is 0.399 e. The Morgan fingerprint density at radius 1 is 1.05 bits per heavy atom. The van der Waals surface area contributed by atoms with Crippen molar-refractivity contribution in [1.82, 2.24) is 4.90 Å². The minimum atomic E-state index is -0.713. The first-order valence-corrected chi connectivity index (χ1v) is 6.83. The number of rotatable bonds is 5. The molecule has 0 aliphatic heterocycles. The average molecular weight is 306 g/mol. The quantitative estimate of drug-likeness (QED) is 0.665. The van der Waals surface area contributed by atoms with E-state index in [2.05, 4.69) is 0 Å². The van der Waals surface area contributed by atoms with Crippen molar-refractivity contribution in [2.75, 3.05) is 18.8 Å². The summed E-state index contributed by atoms with van der Waals surface area (Å²) in [7, 11) is 0. The van der Waals surface area contributed by atoms with E-state index in [9.17, 15) is 14.4 Å². The van der Waals surface area contributed by atoms with E-state index in [-0.39, 0.29) is 13.1 Å². The zero-order valence-corrected chi connectivity index (χ0v) is 11.9. The van der Waals surface area contributed by atoms with Crippen molar-refractivity contribution >= 4 is 44.8 Å². The first-order valence-electron chi connectivity index (χ1n) is 6.02. The van der Waals surface area contributed by atoms with E-state index in [1.54, 1.807) is 24.3 Å². The predicted octanol–water partition coefficient (Wildman–Crippen LogP) is -0.104. The molecule has 2 rings (SSSR count). The molecule has 0 bridgehead atoms. The molecule has 0 atom stereocenters. The monoisotopic (exact) mass is 306 g/mol. The minimum absolute atomic E-state index is 0.363. The number of carbonyl (C=O) groups is 3. The lowest BCUT2D eigenvalue weighted by atomic mass is 10.2.